The smallest absolute Gasteiger partial charge is 0.140 e. The van der Waals surface area contributed by atoms with E-state index in [0.717, 1.165) is 40.4 Å². The van der Waals surface area contributed by atoms with E-state index in [4.69, 9.17) is 15.5 Å². The maximum atomic E-state index is 6.04. The van der Waals surface area contributed by atoms with Crippen LogP contribution in [-0.4, -0.2) is 4.98 Å². The van der Waals surface area contributed by atoms with Gasteiger partial charge in [0, 0.05) is 10.9 Å². The van der Waals surface area contributed by atoms with Crippen molar-refractivity contribution in [2.75, 3.05) is 0 Å². The average Bonchev–Trinajstić information content (AvgIpc) is 2.82. The summed E-state index contributed by atoms with van der Waals surface area (Å²) in [6, 6.07) is 6.23. The van der Waals surface area contributed by atoms with Gasteiger partial charge in [0.2, 0.25) is 0 Å². The fourth-order valence-corrected chi connectivity index (χ4v) is 3.39. The minimum absolute atomic E-state index is 0.0398. The lowest BCUT2D eigenvalue weighted by atomic mass is 10.1. The third-order valence-electron chi connectivity index (χ3n) is 3.42. The number of rotatable bonds is 6. The fraction of sp³-hybridized carbons (Fsp3) is 0.471. The van der Waals surface area contributed by atoms with Gasteiger partial charge in [-0.1, -0.05) is 31.5 Å². The molecule has 21 heavy (non-hydrogen) atoms. The highest BCUT2D eigenvalue weighted by atomic mass is 32.1. The summed E-state index contributed by atoms with van der Waals surface area (Å²) >= 11 is 1.68. The normalized spacial score (nSPS) is 12.4. The molecule has 1 aromatic heterocycles. The van der Waals surface area contributed by atoms with E-state index in [1.54, 1.807) is 11.3 Å². The maximum Gasteiger partial charge on any atom is 0.140 e. The van der Waals surface area contributed by atoms with Gasteiger partial charge in [0.15, 0.2) is 0 Å². The first-order valence-corrected chi connectivity index (χ1v) is 8.27. The Morgan fingerprint density at radius 1 is 1.29 bits per heavy atom. The molecule has 0 spiro atoms. The van der Waals surface area contributed by atoms with Crippen molar-refractivity contribution >= 4 is 11.3 Å². The number of nitrogens with zero attached hydrogens (tertiary/aromatic N) is 1. The quantitative estimate of drug-likeness (QED) is 0.865. The van der Waals surface area contributed by atoms with E-state index in [2.05, 4.69) is 39.0 Å². The summed E-state index contributed by atoms with van der Waals surface area (Å²) in [4.78, 5) is 5.90. The van der Waals surface area contributed by atoms with Crippen LogP contribution in [0.15, 0.2) is 18.2 Å². The number of aromatic nitrogens is 1. The van der Waals surface area contributed by atoms with Crippen LogP contribution in [-0.2, 0) is 13.0 Å². The zero-order chi connectivity index (χ0) is 15.4. The van der Waals surface area contributed by atoms with Crippen LogP contribution in [0.1, 0.15) is 53.0 Å². The number of aryl methyl sites for hydroxylation is 3. The fourth-order valence-electron chi connectivity index (χ4n) is 2.41. The van der Waals surface area contributed by atoms with E-state index in [1.807, 2.05) is 6.92 Å². The van der Waals surface area contributed by atoms with Crippen LogP contribution in [0.4, 0.5) is 0 Å². The van der Waals surface area contributed by atoms with E-state index in [-0.39, 0.29) is 6.04 Å². The minimum Gasteiger partial charge on any atom is -0.486 e. The van der Waals surface area contributed by atoms with Crippen molar-refractivity contribution in [2.45, 2.75) is 53.2 Å². The van der Waals surface area contributed by atoms with E-state index in [9.17, 15) is 0 Å². The lowest BCUT2D eigenvalue weighted by molar-refractivity contribution is 0.301. The molecule has 0 aliphatic carbocycles. The van der Waals surface area contributed by atoms with Gasteiger partial charge in [-0.25, -0.2) is 4.98 Å². The molecule has 4 heteroatoms. The second-order valence-electron chi connectivity index (χ2n) is 5.47. The molecule has 2 N–H and O–H groups in total. The predicted molar refractivity (Wildman–Crippen MR) is 89.0 cm³/mol. The van der Waals surface area contributed by atoms with Crippen molar-refractivity contribution < 1.29 is 4.74 Å². The third kappa shape index (κ3) is 3.83. The molecule has 0 aliphatic heterocycles. The number of benzene rings is 1. The molecule has 0 radical (unpaired) electrons. The molecule has 114 valence electrons. The highest BCUT2D eigenvalue weighted by Gasteiger charge is 2.14. The predicted octanol–water partition coefficient (Wildman–Crippen LogP) is 4.31. The summed E-state index contributed by atoms with van der Waals surface area (Å²) in [6.07, 6.45) is 2.07. The van der Waals surface area contributed by atoms with Gasteiger partial charge >= 0.3 is 0 Å². The van der Waals surface area contributed by atoms with Crippen LogP contribution in [0.2, 0.25) is 0 Å². The van der Waals surface area contributed by atoms with Gasteiger partial charge in [-0.2, -0.15) is 0 Å². The van der Waals surface area contributed by atoms with Crippen LogP contribution >= 0.6 is 11.3 Å². The molecule has 1 aromatic carbocycles. The Balaban J connectivity index is 2.15. The minimum atomic E-state index is 0.0398. The molecule has 0 aliphatic rings. The van der Waals surface area contributed by atoms with Crippen molar-refractivity contribution in [3.63, 3.8) is 0 Å². The van der Waals surface area contributed by atoms with Crippen molar-refractivity contribution in [1.82, 2.24) is 4.98 Å². The summed E-state index contributed by atoms with van der Waals surface area (Å²) in [6.45, 7) is 8.83. The molecule has 0 saturated carbocycles. The zero-order valence-corrected chi connectivity index (χ0v) is 14.1. The molecule has 0 amide bonds. The van der Waals surface area contributed by atoms with E-state index in [0.29, 0.717) is 6.61 Å². The van der Waals surface area contributed by atoms with Crippen LogP contribution in [0.25, 0.3) is 0 Å². The van der Waals surface area contributed by atoms with Crippen molar-refractivity contribution in [1.29, 1.82) is 0 Å². The first-order chi connectivity index (χ1) is 10.0. The van der Waals surface area contributed by atoms with Crippen molar-refractivity contribution in [3.05, 3.63) is 44.9 Å². The third-order valence-corrected chi connectivity index (χ3v) is 4.69. The molecule has 1 atom stereocenters. The Morgan fingerprint density at radius 3 is 2.52 bits per heavy atom. The van der Waals surface area contributed by atoms with Crippen LogP contribution < -0.4 is 10.5 Å². The summed E-state index contributed by atoms with van der Waals surface area (Å²) in [5.41, 5.74) is 9.50. The Morgan fingerprint density at radius 2 is 1.95 bits per heavy atom. The molecule has 2 aromatic rings. The molecule has 0 fully saturated rings. The highest BCUT2D eigenvalue weighted by Crippen LogP contribution is 2.28. The van der Waals surface area contributed by atoms with Gasteiger partial charge in [0.05, 0.1) is 5.69 Å². The number of hydrogen-bond acceptors (Lipinski definition) is 4. The van der Waals surface area contributed by atoms with E-state index in [1.165, 1.54) is 4.88 Å². The summed E-state index contributed by atoms with van der Waals surface area (Å²) in [5.74, 6) is 0.965. The van der Waals surface area contributed by atoms with E-state index < -0.39 is 0 Å². The topological polar surface area (TPSA) is 48.1 Å². The summed E-state index contributed by atoms with van der Waals surface area (Å²) in [5, 5.41) is 1.01. The van der Waals surface area contributed by atoms with Gasteiger partial charge in [0.1, 0.15) is 17.4 Å². The molecule has 0 bridgehead atoms. The highest BCUT2D eigenvalue weighted by molar-refractivity contribution is 7.11. The first kappa shape index (κ1) is 16.0. The largest absolute Gasteiger partial charge is 0.486 e. The second kappa shape index (κ2) is 7.05. The second-order valence-corrected chi connectivity index (χ2v) is 6.58. The van der Waals surface area contributed by atoms with Crippen molar-refractivity contribution in [3.8, 4) is 5.75 Å². The molecule has 1 unspecified atom stereocenters. The molecular weight excluding hydrogens is 280 g/mol. The van der Waals surface area contributed by atoms with Gasteiger partial charge in [-0.3, -0.25) is 0 Å². The van der Waals surface area contributed by atoms with Gasteiger partial charge < -0.3 is 10.5 Å². The average molecular weight is 304 g/mol. The van der Waals surface area contributed by atoms with Crippen LogP contribution in [0, 0.1) is 13.8 Å². The van der Waals surface area contributed by atoms with Crippen LogP contribution in [0.3, 0.4) is 0 Å². The monoisotopic (exact) mass is 304 g/mol. The molecule has 2 rings (SSSR count). The molecule has 1 heterocycles. The van der Waals surface area contributed by atoms with Gasteiger partial charge in [-0.05, 0) is 38.3 Å². The Labute approximate surface area is 131 Å². The Kier molecular flexibility index (Phi) is 5.37. The summed E-state index contributed by atoms with van der Waals surface area (Å²) < 4.78 is 5.99. The number of hydrogen-bond donors (Lipinski definition) is 1. The standard InChI is InChI=1S/C17H24N2OS/c1-5-7-14-17(13(4)18)21-15(19-14)10-20-16-11(2)8-6-9-12(16)3/h6,8-9,13H,5,7,10,18H2,1-4H3. The lowest BCUT2D eigenvalue weighted by Crippen LogP contribution is -2.05. The number of para-hydroxylation sites is 1. The number of nitrogens with two attached hydrogens (primary N) is 1. The Hall–Kier alpha value is -1.39. The molecular formula is C17H24N2OS. The maximum absolute atomic E-state index is 6.04. The number of thiazole rings is 1. The summed E-state index contributed by atoms with van der Waals surface area (Å²) in [7, 11) is 0. The number of ether oxygens (including phenoxy) is 1. The first-order valence-electron chi connectivity index (χ1n) is 7.46. The molecule has 3 nitrogen and oxygen atoms in total. The van der Waals surface area contributed by atoms with E-state index >= 15 is 0 Å². The lowest BCUT2D eigenvalue weighted by Gasteiger charge is -2.10. The van der Waals surface area contributed by atoms with Gasteiger partial charge in [-0.15, -0.1) is 11.3 Å². The van der Waals surface area contributed by atoms with Gasteiger partial charge in [0.25, 0.3) is 0 Å². The van der Waals surface area contributed by atoms with Crippen molar-refractivity contribution in [2.24, 2.45) is 5.73 Å². The molecule has 0 saturated heterocycles. The Bertz CT molecular complexity index is 585. The van der Waals surface area contributed by atoms with Crippen LogP contribution in [0.5, 0.6) is 5.75 Å². The zero-order valence-electron chi connectivity index (χ0n) is 13.3. The SMILES string of the molecule is CCCc1nc(COc2c(C)cccc2C)sc1C(C)N.